The SMILES string of the molecule is Cc1cnc(Nc2cccc(CN3CCCCC3)c2)nc1Nc1cccc(S(=O)(=O)CC(C)(C)C)c1. The van der Waals surface area contributed by atoms with E-state index in [2.05, 4.69) is 43.7 Å². The van der Waals surface area contributed by atoms with Crippen LogP contribution in [0.1, 0.15) is 51.2 Å². The molecule has 0 atom stereocenters. The summed E-state index contributed by atoms with van der Waals surface area (Å²) in [5.41, 5.74) is 3.41. The number of nitrogens with zero attached hydrogens (tertiary/aromatic N) is 3. The second-order valence-corrected chi connectivity index (χ2v) is 12.8. The van der Waals surface area contributed by atoms with Crippen molar-refractivity contribution >= 4 is 33.0 Å². The molecule has 7 nitrogen and oxygen atoms in total. The number of nitrogens with one attached hydrogen (secondary N) is 2. The Kier molecular flexibility index (Phi) is 7.95. The summed E-state index contributed by atoms with van der Waals surface area (Å²) >= 11 is 0. The van der Waals surface area contributed by atoms with Gasteiger partial charge in [-0.1, -0.05) is 45.4 Å². The fraction of sp³-hybridized carbons (Fsp3) is 0.429. The van der Waals surface area contributed by atoms with Crippen LogP contribution < -0.4 is 10.6 Å². The number of likely N-dealkylation sites (tertiary alicyclic amines) is 1. The average Bonchev–Trinajstić information content (AvgIpc) is 2.81. The highest BCUT2D eigenvalue weighted by atomic mass is 32.2. The van der Waals surface area contributed by atoms with Crippen molar-refractivity contribution in [3.63, 3.8) is 0 Å². The molecule has 2 N–H and O–H groups in total. The van der Waals surface area contributed by atoms with Gasteiger partial charge in [0.2, 0.25) is 5.95 Å². The van der Waals surface area contributed by atoms with Gasteiger partial charge >= 0.3 is 0 Å². The Balaban J connectivity index is 1.48. The Labute approximate surface area is 215 Å². The van der Waals surface area contributed by atoms with Gasteiger partial charge in [-0.3, -0.25) is 4.90 Å². The highest BCUT2D eigenvalue weighted by Gasteiger charge is 2.23. The quantitative estimate of drug-likeness (QED) is 0.382. The Morgan fingerprint density at radius 1 is 0.944 bits per heavy atom. The largest absolute Gasteiger partial charge is 0.340 e. The summed E-state index contributed by atoms with van der Waals surface area (Å²) in [6.07, 6.45) is 5.64. The summed E-state index contributed by atoms with van der Waals surface area (Å²) in [6.45, 7) is 11.0. The van der Waals surface area contributed by atoms with Gasteiger partial charge in [0.15, 0.2) is 9.84 Å². The first-order valence-corrected chi connectivity index (χ1v) is 14.2. The number of benzene rings is 2. The monoisotopic (exact) mass is 507 g/mol. The van der Waals surface area contributed by atoms with E-state index in [9.17, 15) is 8.42 Å². The lowest BCUT2D eigenvalue weighted by Crippen LogP contribution is -2.29. The molecule has 1 aromatic heterocycles. The van der Waals surface area contributed by atoms with Gasteiger partial charge in [-0.25, -0.2) is 13.4 Å². The van der Waals surface area contributed by atoms with Crippen LogP contribution in [0.2, 0.25) is 0 Å². The summed E-state index contributed by atoms with van der Waals surface area (Å²) < 4.78 is 25.7. The van der Waals surface area contributed by atoms with Crippen LogP contribution in [0.4, 0.5) is 23.1 Å². The van der Waals surface area contributed by atoms with E-state index in [1.807, 2.05) is 39.8 Å². The zero-order valence-electron chi connectivity index (χ0n) is 21.7. The van der Waals surface area contributed by atoms with Crippen molar-refractivity contribution in [2.24, 2.45) is 5.41 Å². The Hall–Kier alpha value is -2.97. The van der Waals surface area contributed by atoms with Gasteiger partial charge in [0.25, 0.3) is 0 Å². The fourth-order valence-electron chi connectivity index (χ4n) is 4.44. The van der Waals surface area contributed by atoms with Crippen molar-refractivity contribution in [3.05, 3.63) is 65.9 Å². The molecule has 1 saturated heterocycles. The normalized spacial score (nSPS) is 15.0. The summed E-state index contributed by atoms with van der Waals surface area (Å²) in [6, 6.07) is 15.3. The van der Waals surface area contributed by atoms with Crippen LogP contribution in [-0.4, -0.2) is 42.1 Å². The maximum Gasteiger partial charge on any atom is 0.229 e. The molecule has 192 valence electrons. The molecule has 8 heteroatoms. The van der Waals surface area contributed by atoms with E-state index in [0.29, 0.717) is 22.3 Å². The Morgan fingerprint density at radius 2 is 1.64 bits per heavy atom. The summed E-state index contributed by atoms with van der Waals surface area (Å²) in [5, 5.41) is 6.60. The van der Waals surface area contributed by atoms with Crippen LogP contribution in [0.5, 0.6) is 0 Å². The van der Waals surface area contributed by atoms with Crippen molar-refractivity contribution in [3.8, 4) is 0 Å². The van der Waals surface area contributed by atoms with Gasteiger partial charge in [-0.05, 0) is 74.2 Å². The number of rotatable bonds is 8. The average molecular weight is 508 g/mol. The van der Waals surface area contributed by atoms with Crippen LogP contribution in [0.15, 0.2) is 59.6 Å². The second-order valence-electron chi connectivity index (χ2n) is 10.9. The minimum absolute atomic E-state index is 0.0842. The molecule has 0 aliphatic carbocycles. The van der Waals surface area contributed by atoms with Crippen LogP contribution in [0, 0.1) is 12.3 Å². The van der Waals surface area contributed by atoms with Crippen molar-refractivity contribution in [2.45, 2.75) is 58.4 Å². The van der Waals surface area contributed by atoms with E-state index in [-0.39, 0.29) is 11.2 Å². The van der Waals surface area contributed by atoms with Crippen LogP contribution in [0.25, 0.3) is 0 Å². The molecule has 2 heterocycles. The first-order valence-electron chi connectivity index (χ1n) is 12.6. The van der Waals surface area contributed by atoms with Crippen LogP contribution >= 0.6 is 0 Å². The number of aromatic nitrogens is 2. The van der Waals surface area contributed by atoms with E-state index < -0.39 is 9.84 Å². The Morgan fingerprint density at radius 3 is 2.36 bits per heavy atom. The number of piperidine rings is 1. The molecule has 0 unspecified atom stereocenters. The third-order valence-corrected chi connectivity index (χ3v) is 8.31. The van der Waals surface area contributed by atoms with Gasteiger partial charge in [0.05, 0.1) is 10.6 Å². The summed E-state index contributed by atoms with van der Waals surface area (Å²) in [5.74, 6) is 1.19. The highest BCUT2D eigenvalue weighted by molar-refractivity contribution is 7.91. The molecule has 1 aliphatic heterocycles. The number of anilines is 4. The summed E-state index contributed by atoms with van der Waals surface area (Å²) in [7, 11) is -3.40. The zero-order valence-corrected chi connectivity index (χ0v) is 22.5. The molecular weight excluding hydrogens is 470 g/mol. The highest BCUT2D eigenvalue weighted by Crippen LogP contribution is 2.26. The topological polar surface area (TPSA) is 87.2 Å². The van der Waals surface area contributed by atoms with Crippen molar-refractivity contribution in [1.29, 1.82) is 0 Å². The fourth-order valence-corrected chi connectivity index (χ4v) is 6.34. The van der Waals surface area contributed by atoms with E-state index in [4.69, 9.17) is 0 Å². The molecule has 0 bridgehead atoms. The molecule has 3 aromatic rings. The third-order valence-electron chi connectivity index (χ3n) is 6.09. The maximum atomic E-state index is 12.9. The molecule has 1 aliphatic rings. The standard InChI is InChI=1S/C28H37N5O2S/c1-21-18-29-27(31-23-11-8-10-22(16-23)19-33-14-6-5-7-15-33)32-26(21)30-24-12-9-13-25(17-24)36(34,35)20-28(2,3)4/h8-13,16-18H,5-7,14-15,19-20H2,1-4H3,(H2,29,30,31,32). The minimum atomic E-state index is -3.40. The van der Waals surface area contributed by atoms with Crippen molar-refractivity contribution in [1.82, 2.24) is 14.9 Å². The van der Waals surface area contributed by atoms with Crippen molar-refractivity contribution in [2.75, 3.05) is 29.5 Å². The van der Waals surface area contributed by atoms with Gasteiger partial charge in [0, 0.05) is 29.7 Å². The number of hydrogen-bond acceptors (Lipinski definition) is 7. The number of hydrogen-bond donors (Lipinski definition) is 2. The zero-order chi connectivity index (χ0) is 25.8. The van der Waals surface area contributed by atoms with E-state index in [1.165, 1.54) is 24.8 Å². The molecule has 36 heavy (non-hydrogen) atoms. The molecular formula is C28H37N5O2S. The predicted octanol–water partition coefficient (Wildman–Crippen LogP) is 6.08. The lowest BCUT2D eigenvalue weighted by Gasteiger charge is -2.26. The minimum Gasteiger partial charge on any atom is -0.340 e. The van der Waals surface area contributed by atoms with Crippen molar-refractivity contribution < 1.29 is 8.42 Å². The van der Waals surface area contributed by atoms with Gasteiger partial charge in [0.1, 0.15) is 5.82 Å². The molecule has 0 radical (unpaired) electrons. The summed E-state index contributed by atoms with van der Waals surface area (Å²) in [4.78, 5) is 11.9. The van der Waals surface area contributed by atoms with Crippen LogP contribution in [-0.2, 0) is 16.4 Å². The van der Waals surface area contributed by atoms with E-state index >= 15 is 0 Å². The lowest BCUT2D eigenvalue weighted by atomic mass is 10.0. The smallest absolute Gasteiger partial charge is 0.229 e. The predicted molar refractivity (Wildman–Crippen MR) is 147 cm³/mol. The second kappa shape index (κ2) is 11.0. The van der Waals surface area contributed by atoms with E-state index in [0.717, 1.165) is 30.9 Å². The molecule has 2 aromatic carbocycles. The van der Waals surface area contributed by atoms with Gasteiger partial charge in [-0.2, -0.15) is 4.98 Å². The molecule has 0 spiro atoms. The van der Waals surface area contributed by atoms with Gasteiger partial charge < -0.3 is 10.6 Å². The molecule has 1 fully saturated rings. The van der Waals surface area contributed by atoms with Gasteiger partial charge in [-0.15, -0.1) is 0 Å². The first-order chi connectivity index (χ1) is 17.1. The maximum absolute atomic E-state index is 12.9. The first kappa shape index (κ1) is 26.1. The van der Waals surface area contributed by atoms with Crippen LogP contribution in [0.3, 0.4) is 0 Å². The molecule has 0 saturated carbocycles. The Bertz CT molecular complexity index is 1300. The number of sulfone groups is 1. The molecule has 4 rings (SSSR count). The lowest BCUT2D eigenvalue weighted by molar-refractivity contribution is 0.221. The van der Waals surface area contributed by atoms with E-state index in [1.54, 1.807) is 24.4 Å². The third kappa shape index (κ3) is 7.27. The number of aryl methyl sites for hydroxylation is 1. The molecule has 0 amide bonds.